The molecule has 5 heteroatoms. The summed E-state index contributed by atoms with van der Waals surface area (Å²) >= 11 is 0. The van der Waals surface area contributed by atoms with Crippen LogP contribution in [-0.4, -0.2) is 31.1 Å². The van der Waals surface area contributed by atoms with Gasteiger partial charge in [0.1, 0.15) is 11.5 Å². The topological polar surface area (TPSA) is 64.8 Å². The lowest BCUT2D eigenvalue weighted by molar-refractivity contribution is -0.131. The van der Waals surface area contributed by atoms with Crippen molar-refractivity contribution in [2.24, 2.45) is 0 Å². The number of amides is 1. The van der Waals surface area contributed by atoms with E-state index in [-0.39, 0.29) is 5.91 Å². The van der Waals surface area contributed by atoms with E-state index in [4.69, 9.17) is 15.2 Å². The van der Waals surface area contributed by atoms with Gasteiger partial charge in [0.15, 0.2) is 0 Å². The quantitative estimate of drug-likeness (QED) is 0.787. The number of nitrogens with zero attached hydrogens (tertiary/aromatic N) is 1. The van der Waals surface area contributed by atoms with Gasteiger partial charge in [-0.2, -0.15) is 0 Å². The van der Waals surface area contributed by atoms with Gasteiger partial charge >= 0.3 is 0 Å². The van der Waals surface area contributed by atoms with E-state index in [2.05, 4.69) is 0 Å². The van der Waals surface area contributed by atoms with Gasteiger partial charge in [-0.3, -0.25) is 4.79 Å². The van der Waals surface area contributed by atoms with Crippen molar-refractivity contribution in [3.05, 3.63) is 53.6 Å². The van der Waals surface area contributed by atoms with Gasteiger partial charge in [0, 0.05) is 23.8 Å². The second-order valence-electron chi connectivity index (χ2n) is 6.35. The number of hydrogen-bond donors (Lipinski definition) is 1. The Labute approximate surface area is 148 Å². The van der Waals surface area contributed by atoms with Gasteiger partial charge in [-0.25, -0.2) is 0 Å². The second kappa shape index (κ2) is 7.47. The highest BCUT2D eigenvalue weighted by Crippen LogP contribution is 2.32. The number of nitrogens with two attached hydrogens (primary N) is 1. The molecule has 0 heterocycles. The summed E-state index contributed by atoms with van der Waals surface area (Å²) in [5.41, 5.74) is 8.35. The van der Waals surface area contributed by atoms with Crippen molar-refractivity contribution in [1.29, 1.82) is 0 Å². The summed E-state index contributed by atoms with van der Waals surface area (Å²) in [6.07, 6.45) is 2.49. The van der Waals surface area contributed by atoms with Crippen LogP contribution in [0.4, 0.5) is 5.69 Å². The lowest BCUT2D eigenvalue weighted by Gasteiger charge is -2.24. The van der Waals surface area contributed by atoms with Gasteiger partial charge in [-0.05, 0) is 48.7 Å². The van der Waals surface area contributed by atoms with E-state index in [0.29, 0.717) is 24.7 Å². The lowest BCUT2D eigenvalue weighted by Crippen LogP contribution is -2.34. The summed E-state index contributed by atoms with van der Waals surface area (Å²) in [6, 6.07) is 13.5. The van der Waals surface area contributed by atoms with E-state index in [1.165, 1.54) is 0 Å². The smallest absolute Gasteiger partial charge is 0.227 e. The summed E-state index contributed by atoms with van der Waals surface area (Å²) in [5, 5.41) is 0. The molecule has 2 aromatic rings. The van der Waals surface area contributed by atoms with Crippen molar-refractivity contribution < 1.29 is 14.3 Å². The maximum absolute atomic E-state index is 12.9. The molecule has 0 saturated heterocycles. The number of methoxy groups -OCH3 is 2. The summed E-state index contributed by atoms with van der Waals surface area (Å²) in [6.45, 7) is 0.527. The van der Waals surface area contributed by atoms with E-state index in [0.717, 1.165) is 35.5 Å². The number of anilines is 1. The molecule has 25 heavy (non-hydrogen) atoms. The zero-order valence-corrected chi connectivity index (χ0v) is 14.7. The van der Waals surface area contributed by atoms with Gasteiger partial charge in [-0.15, -0.1) is 0 Å². The highest BCUT2D eigenvalue weighted by molar-refractivity contribution is 5.79. The molecule has 5 nitrogen and oxygen atoms in total. The van der Waals surface area contributed by atoms with Crippen LogP contribution >= 0.6 is 0 Å². The molecule has 1 aliphatic carbocycles. The van der Waals surface area contributed by atoms with E-state index < -0.39 is 0 Å². The van der Waals surface area contributed by atoms with Gasteiger partial charge in [-0.1, -0.05) is 12.1 Å². The molecule has 1 aliphatic rings. The lowest BCUT2D eigenvalue weighted by atomic mass is 10.1. The molecule has 1 fully saturated rings. The highest BCUT2D eigenvalue weighted by atomic mass is 16.5. The fraction of sp³-hybridized carbons (Fsp3) is 0.350. The molecule has 2 N–H and O–H groups in total. The van der Waals surface area contributed by atoms with Crippen LogP contribution in [0.25, 0.3) is 0 Å². The van der Waals surface area contributed by atoms with Crippen LogP contribution in [0.3, 0.4) is 0 Å². The SMILES string of the molecule is COc1ccc(OC)c(CN(C(=O)Cc2ccc(N)cc2)C2CC2)c1. The minimum absolute atomic E-state index is 0.122. The molecular weight excluding hydrogens is 316 g/mol. The minimum atomic E-state index is 0.122. The predicted octanol–water partition coefficient (Wildman–Crippen LogP) is 3.02. The molecule has 0 unspecified atom stereocenters. The minimum Gasteiger partial charge on any atom is -0.497 e. The van der Waals surface area contributed by atoms with Gasteiger partial charge in [0.2, 0.25) is 5.91 Å². The van der Waals surface area contributed by atoms with Crippen LogP contribution in [0.1, 0.15) is 24.0 Å². The Morgan fingerprint density at radius 1 is 1.12 bits per heavy atom. The first-order valence-electron chi connectivity index (χ1n) is 8.45. The number of carbonyl (C=O) groups is 1. The van der Waals surface area contributed by atoms with Gasteiger partial charge in [0.25, 0.3) is 0 Å². The van der Waals surface area contributed by atoms with Crippen molar-refractivity contribution in [3.63, 3.8) is 0 Å². The standard InChI is InChI=1S/C20H24N2O3/c1-24-18-9-10-19(25-2)15(12-18)13-22(17-7-8-17)20(23)11-14-3-5-16(21)6-4-14/h3-6,9-10,12,17H,7-8,11,13,21H2,1-2H3. The van der Waals surface area contributed by atoms with E-state index in [9.17, 15) is 4.79 Å². The third kappa shape index (κ3) is 4.24. The monoisotopic (exact) mass is 340 g/mol. The van der Waals surface area contributed by atoms with Crippen LogP contribution in [0, 0.1) is 0 Å². The Morgan fingerprint density at radius 2 is 1.84 bits per heavy atom. The Hall–Kier alpha value is -2.69. The number of ether oxygens (including phenoxy) is 2. The average molecular weight is 340 g/mol. The van der Waals surface area contributed by atoms with Crippen molar-refractivity contribution >= 4 is 11.6 Å². The summed E-state index contributed by atoms with van der Waals surface area (Å²) in [5.74, 6) is 1.65. The fourth-order valence-electron chi connectivity index (χ4n) is 2.91. The third-order valence-electron chi connectivity index (χ3n) is 4.47. The predicted molar refractivity (Wildman–Crippen MR) is 97.7 cm³/mol. The van der Waals surface area contributed by atoms with Crippen molar-refractivity contribution in [2.75, 3.05) is 20.0 Å². The highest BCUT2D eigenvalue weighted by Gasteiger charge is 2.33. The average Bonchev–Trinajstić information content (AvgIpc) is 3.46. The zero-order valence-electron chi connectivity index (χ0n) is 14.7. The van der Waals surface area contributed by atoms with Crippen LogP contribution in [0.5, 0.6) is 11.5 Å². The van der Waals surface area contributed by atoms with Crippen molar-refractivity contribution in [3.8, 4) is 11.5 Å². The molecule has 1 saturated carbocycles. The number of rotatable bonds is 7. The first-order valence-corrected chi connectivity index (χ1v) is 8.45. The number of benzene rings is 2. The number of hydrogen-bond acceptors (Lipinski definition) is 4. The molecule has 0 aromatic heterocycles. The Balaban J connectivity index is 1.77. The van der Waals surface area contributed by atoms with E-state index >= 15 is 0 Å². The maximum atomic E-state index is 12.9. The van der Waals surface area contributed by atoms with Crippen LogP contribution < -0.4 is 15.2 Å². The summed E-state index contributed by atoms with van der Waals surface area (Å²) < 4.78 is 10.8. The van der Waals surface area contributed by atoms with E-state index in [1.807, 2.05) is 47.4 Å². The summed E-state index contributed by atoms with van der Waals surface area (Å²) in [7, 11) is 3.28. The van der Waals surface area contributed by atoms with Crippen molar-refractivity contribution in [2.45, 2.75) is 31.8 Å². The molecule has 0 atom stereocenters. The Bertz CT molecular complexity index is 739. The zero-order chi connectivity index (χ0) is 17.8. The van der Waals surface area contributed by atoms with Crippen LogP contribution in [0.2, 0.25) is 0 Å². The molecule has 0 radical (unpaired) electrons. The molecule has 132 valence electrons. The Kier molecular flexibility index (Phi) is 5.12. The maximum Gasteiger partial charge on any atom is 0.227 e. The number of nitrogen functional groups attached to an aromatic ring is 1. The third-order valence-corrected chi connectivity index (χ3v) is 4.47. The summed E-state index contributed by atoms with van der Waals surface area (Å²) in [4.78, 5) is 14.8. The van der Waals surface area contributed by atoms with Crippen LogP contribution in [0.15, 0.2) is 42.5 Å². The van der Waals surface area contributed by atoms with E-state index in [1.54, 1.807) is 14.2 Å². The largest absolute Gasteiger partial charge is 0.497 e. The van der Waals surface area contributed by atoms with Crippen molar-refractivity contribution in [1.82, 2.24) is 4.90 Å². The second-order valence-corrected chi connectivity index (χ2v) is 6.35. The molecule has 0 aliphatic heterocycles. The molecule has 0 spiro atoms. The molecule has 2 aromatic carbocycles. The Morgan fingerprint density at radius 3 is 2.44 bits per heavy atom. The van der Waals surface area contributed by atoms with Crippen LogP contribution in [-0.2, 0) is 17.8 Å². The molecule has 3 rings (SSSR count). The molecule has 1 amide bonds. The van der Waals surface area contributed by atoms with Gasteiger partial charge < -0.3 is 20.1 Å². The molecular formula is C20H24N2O3. The first kappa shape index (κ1) is 17.1. The first-order chi connectivity index (χ1) is 12.1. The normalized spacial score (nSPS) is 13.4. The fourth-order valence-corrected chi connectivity index (χ4v) is 2.91. The van der Waals surface area contributed by atoms with Gasteiger partial charge in [0.05, 0.1) is 20.6 Å². The number of carbonyl (C=O) groups excluding carboxylic acids is 1. The molecule has 0 bridgehead atoms.